The summed E-state index contributed by atoms with van der Waals surface area (Å²) in [5.74, 6) is 0. The van der Waals surface area contributed by atoms with E-state index < -0.39 is 4.81 Å². The Labute approximate surface area is 55.0 Å². The molecule has 0 atom stereocenters. The highest BCUT2D eigenvalue weighted by atomic mass is 16.8. The van der Waals surface area contributed by atoms with E-state index in [9.17, 15) is 0 Å². The van der Waals surface area contributed by atoms with Crippen LogP contribution in [0.5, 0.6) is 0 Å². The summed E-state index contributed by atoms with van der Waals surface area (Å²) in [6, 6.07) is 0. The maximum Gasteiger partial charge on any atom is 0.143 e. The van der Waals surface area contributed by atoms with Crippen LogP contribution in [0.15, 0.2) is 0 Å². The van der Waals surface area contributed by atoms with Gasteiger partial charge in [0.2, 0.25) is 0 Å². The minimum absolute atomic E-state index is 0.306. The van der Waals surface area contributed by atoms with Crippen LogP contribution in [0.2, 0.25) is 0 Å². The molecule has 0 bridgehead atoms. The highest BCUT2D eigenvalue weighted by Gasteiger charge is 2.17. The Morgan fingerprint density at radius 3 is 2.33 bits per heavy atom. The third kappa shape index (κ3) is 4.35. The van der Waals surface area contributed by atoms with Gasteiger partial charge in [-0.1, -0.05) is 0 Å². The zero-order chi connectivity index (χ0) is 7.33. The summed E-state index contributed by atoms with van der Waals surface area (Å²) >= 11 is 0. The first-order valence-corrected chi connectivity index (χ1v) is 3.15. The summed E-state index contributed by atoms with van der Waals surface area (Å²) in [4.78, 5) is -0.906. The molecule has 0 fully saturated rings. The average Bonchev–Trinajstić information content (AvgIpc) is 1.84. The molecule has 0 spiro atoms. The first kappa shape index (κ1) is 8.84. The summed E-state index contributed by atoms with van der Waals surface area (Å²) in [6.07, 6.45) is 0.640. The van der Waals surface area contributed by atoms with Crippen molar-refractivity contribution in [3.05, 3.63) is 0 Å². The summed E-state index contributed by atoms with van der Waals surface area (Å²) in [7, 11) is 0. The molecule has 0 aliphatic carbocycles. The van der Waals surface area contributed by atoms with Crippen molar-refractivity contribution in [2.24, 2.45) is 5.73 Å². The highest BCUT2D eigenvalue weighted by Crippen LogP contribution is 1.94. The molecular formula is C5H15N2O2+. The van der Waals surface area contributed by atoms with Gasteiger partial charge in [-0.15, -0.1) is 0 Å². The van der Waals surface area contributed by atoms with E-state index in [4.69, 9.17) is 16.1 Å². The summed E-state index contributed by atoms with van der Waals surface area (Å²) in [5, 5.41) is 17.8. The first-order valence-electron chi connectivity index (χ1n) is 3.15. The number of hydroxylamine groups is 4. The van der Waals surface area contributed by atoms with Gasteiger partial charge in [0.15, 0.2) is 0 Å². The SMILES string of the molecule is CC[N+](O)(O)CCCN. The molecule has 0 saturated heterocycles. The van der Waals surface area contributed by atoms with Gasteiger partial charge in [0.25, 0.3) is 0 Å². The molecule has 0 unspecified atom stereocenters. The zero-order valence-electron chi connectivity index (χ0n) is 5.75. The lowest BCUT2D eigenvalue weighted by atomic mass is 10.4. The van der Waals surface area contributed by atoms with Gasteiger partial charge in [-0.05, 0) is 18.3 Å². The van der Waals surface area contributed by atoms with Crippen LogP contribution in [0.3, 0.4) is 0 Å². The Bertz CT molecular complexity index is 75.4. The largest absolute Gasteiger partial charge is 0.330 e. The molecule has 4 N–H and O–H groups in total. The van der Waals surface area contributed by atoms with Crippen molar-refractivity contribution in [3.63, 3.8) is 0 Å². The van der Waals surface area contributed by atoms with Crippen LogP contribution in [0.25, 0.3) is 0 Å². The Hall–Kier alpha value is -0.160. The smallest absolute Gasteiger partial charge is 0.143 e. The highest BCUT2D eigenvalue weighted by molar-refractivity contribution is 4.31. The fourth-order valence-electron chi connectivity index (χ4n) is 0.503. The Morgan fingerprint density at radius 1 is 1.44 bits per heavy atom. The van der Waals surface area contributed by atoms with Gasteiger partial charge in [0.05, 0.1) is 0 Å². The molecule has 4 nitrogen and oxygen atoms in total. The lowest BCUT2D eigenvalue weighted by Crippen LogP contribution is -2.42. The molecule has 0 rings (SSSR count). The first-order chi connectivity index (χ1) is 4.12. The molecule has 9 heavy (non-hydrogen) atoms. The normalized spacial score (nSPS) is 12.0. The van der Waals surface area contributed by atoms with Crippen LogP contribution in [-0.4, -0.2) is 34.9 Å². The van der Waals surface area contributed by atoms with Crippen LogP contribution in [0, 0.1) is 0 Å². The van der Waals surface area contributed by atoms with Gasteiger partial charge in [-0.2, -0.15) is 10.4 Å². The standard InChI is InChI=1S/C5H15N2O2/c1-2-7(8,9)5-3-4-6/h8-9H,2-6H2,1H3/q+1. The Kier molecular flexibility index (Phi) is 3.72. The molecule has 0 aromatic heterocycles. The average molecular weight is 135 g/mol. The van der Waals surface area contributed by atoms with Gasteiger partial charge < -0.3 is 5.73 Å². The van der Waals surface area contributed by atoms with E-state index in [1.165, 1.54) is 0 Å². The monoisotopic (exact) mass is 135 g/mol. The lowest BCUT2D eigenvalue weighted by Gasteiger charge is -2.18. The van der Waals surface area contributed by atoms with E-state index in [0.717, 1.165) is 0 Å². The van der Waals surface area contributed by atoms with Crippen molar-refractivity contribution in [2.75, 3.05) is 19.6 Å². The fourth-order valence-corrected chi connectivity index (χ4v) is 0.503. The molecule has 0 saturated carbocycles. The van der Waals surface area contributed by atoms with Crippen LogP contribution < -0.4 is 5.73 Å². The minimum atomic E-state index is -0.906. The lowest BCUT2D eigenvalue weighted by molar-refractivity contribution is -1.24. The van der Waals surface area contributed by atoms with Gasteiger partial charge >= 0.3 is 0 Å². The Morgan fingerprint density at radius 2 is 2.00 bits per heavy atom. The van der Waals surface area contributed by atoms with Gasteiger partial charge in [0, 0.05) is 6.42 Å². The molecule has 56 valence electrons. The number of rotatable bonds is 4. The van der Waals surface area contributed by atoms with E-state index >= 15 is 0 Å². The summed E-state index contributed by atoms with van der Waals surface area (Å²) < 4.78 is 0. The van der Waals surface area contributed by atoms with E-state index in [1.807, 2.05) is 0 Å². The molecule has 0 aromatic carbocycles. The van der Waals surface area contributed by atoms with E-state index in [0.29, 0.717) is 26.1 Å². The number of nitrogens with zero attached hydrogens (tertiary/aromatic N) is 1. The van der Waals surface area contributed by atoms with E-state index in [1.54, 1.807) is 6.92 Å². The van der Waals surface area contributed by atoms with Crippen LogP contribution in [0.1, 0.15) is 13.3 Å². The zero-order valence-corrected chi connectivity index (χ0v) is 5.75. The second kappa shape index (κ2) is 3.79. The maximum absolute atomic E-state index is 8.89. The molecule has 0 heterocycles. The summed E-state index contributed by atoms with van der Waals surface area (Å²) in [6.45, 7) is 2.82. The maximum atomic E-state index is 8.89. The van der Waals surface area contributed by atoms with Gasteiger partial charge in [-0.25, -0.2) is 0 Å². The number of hydrogen-bond acceptors (Lipinski definition) is 3. The molecule has 4 heteroatoms. The second-order valence-corrected chi connectivity index (χ2v) is 2.06. The number of quaternary nitrogens is 1. The third-order valence-corrected chi connectivity index (χ3v) is 1.23. The molecular weight excluding hydrogens is 120 g/mol. The van der Waals surface area contributed by atoms with Crippen LogP contribution >= 0.6 is 0 Å². The van der Waals surface area contributed by atoms with Crippen LogP contribution in [0.4, 0.5) is 0 Å². The van der Waals surface area contributed by atoms with Crippen molar-refractivity contribution in [1.82, 2.24) is 0 Å². The molecule has 0 aromatic rings. The minimum Gasteiger partial charge on any atom is -0.330 e. The molecule has 0 radical (unpaired) electrons. The van der Waals surface area contributed by atoms with Crippen molar-refractivity contribution in [1.29, 1.82) is 0 Å². The summed E-state index contributed by atoms with van der Waals surface area (Å²) in [5.41, 5.74) is 5.16. The predicted molar refractivity (Wildman–Crippen MR) is 32.9 cm³/mol. The molecule has 0 aliphatic heterocycles. The quantitative estimate of drug-likeness (QED) is 0.374. The second-order valence-electron chi connectivity index (χ2n) is 2.06. The molecule has 0 amide bonds. The molecule has 0 aliphatic rings. The van der Waals surface area contributed by atoms with Gasteiger partial charge in [0.1, 0.15) is 13.1 Å². The van der Waals surface area contributed by atoms with E-state index in [2.05, 4.69) is 0 Å². The van der Waals surface area contributed by atoms with Crippen molar-refractivity contribution >= 4 is 0 Å². The third-order valence-electron chi connectivity index (χ3n) is 1.23. The predicted octanol–water partition coefficient (Wildman–Crippen LogP) is -0.0497. The van der Waals surface area contributed by atoms with Gasteiger partial charge in [-0.3, -0.25) is 0 Å². The van der Waals surface area contributed by atoms with E-state index in [-0.39, 0.29) is 0 Å². The van der Waals surface area contributed by atoms with Crippen LogP contribution in [-0.2, 0) is 0 Å². The van der Waals surface area contributed by atoms with Crippen molar-refractivity contribution in [3.8, 4) is 0 Å². The number of hydrogen-bond donors (Lipinski definition) is 3. The topological polar surface area (TPSA) is 66.5 Å². The van der Waals surface area contributed by atoms with Crippen molar-refractivity contribution in [2.45, 2.75) is 13.3 Å². The Balaban J connectivity index is 3.33. The fraction of sp³-hybridized carbons (Fsp3) is 1.00. The van der Waals surface area contributed by atoms with Crippen molar-refractivity contribution < 1.29 is 15.2 Å². The number of nitrogens with two attached hydrogens (primary N) is 1.